The SMILES string of the molecule is NC(=O)C1CCN(C(=O)[C@H]2C[C@H]3CC[C@@H]2C[C@@]32NC(=O)c3ccccc3O2)CC1. The number of rotatable bonds is 2. The van der Waals surface area contributed by atoms with Gasteiger partial charge < -0.3 is 20.7 Å². The lowest BCUT2D eigenvalue weighted by Crippen LogP contribution is -2.67. The summed E-state index contributed by atoms with van der Waals surface area (Å²) in [4.78, 5) is 39.2. The molecule has 1 saturated heterocycles. The number of hydrogen-bond donors (Lipinski definition) is 2. The Bertz CT molecular complexity index is 863. The standard InChI is InChI=1S/C22H27N3O4/c23-19(26)13-7-9-25(10-8-13)21(28)17-11-15-6-5-14(17)12-22(15)24-20(27)16-3-1-2-4-18(16)29-22/h1-4,13-15,17H,5-12H2,(H2,23,26)(H,24,27)/t14-,15-,17+,22+/m1/s1. The lowest BCUT2D eigenvalue weighted by molar-refractivity contribution is -0.157. The van der Waals surface area contributed by atoms with Gasteiger partial charge in [0.05, 0.1) is 5.56 Å². The maximum absolute atomic E-state index is 13.2. The minimum atomic E-state index is -0.690. The molecule has 2 heterocycles. The summed E-state index contributed by atoms with van der Waals surface area (Å²) in [7, 11) is 0. The third-order valence-corrected chi connectivity index (χ3v) is 7.49. The molecule has 1 aromatic carbocycles. The molecule has 3 saturated carbocycles. The summed E-state index contributed by atoms with van der Waals surface area (Å²) in [6.07, 6.45) is 4.67. The first-order valence-electron chi connectivity index (χ1n) is 10.7. The van der Waals surface area contributed by atoms with Crippen LogP contribution >= 0.6 is 0 Å². The summed E-state index contributed by atoms with van der Waals surface area (Å²) >= 11 is 0. The highest BCUT2D eigenvalue weighted by Gasteiger charge is 2.57. The first-order valence-corrected chi connectivity index (χ1v) is 10.7. The monoisotopic (exact) mass is 397 g/mol. The molecule has 5 aliphatic rings. The Morgan fingerprint density at radius 3 is 2.59 bits per heavy atom. The highest BCUT2D eigenvalue weighted by atomic mass is 16.5. The number of primary amides is 1. The van der Waals surface area contributed by atoms with E-state index in [1.807, 2.05) is 23.1 Å². The van der Waals surface area contributed by atoms with Gasteiger partial charge in [-0.05, 0) is 50.2 Å². The fraction of sp³-hybridized carbons (Fsp3) is 0.591. The van der Waals surface area contributed by atoms with Crippen molar-refractivity contribution >= 4 is 17.7 Å². The number of amides is 3. The van der Waals surface area contributed by atoms with Gasteiger partial charge in [0.1, 0.15) is 5.75 Å². The molecule has 0 radical (unpaired) electrons. The van der Waals surface area contributed by atoms with E-state index >= 15 is 0 Å². The van der Waals surface area contributed by atoms with Crippen molar-refractivity contribution < 1.29 is 19.1 Å². The summed E-state index contributed by atoms with van der Waals surface area (Å²) in [5, 5.41) is 3.14. The number of carbonyl (C=O) groups is 3. The molecule has 6 rings (SSSR count). The fourth-order valence-corrected chi connectivity index (χ4v) is 5.88. The van der Waals surface area contributed by atoms with Crippen LogP contribution in [-0.2, 0) is 9.59 Å². The third kappa shape index (κ3) is 2.98. The Morgan fingerprint density at radius 2 is 1.90 bits per heavy atom. The number of nitrogens with zero attached hydrogens (tertiary/aromatic N) is 1. The summed E-state index contributed by atoms with van der Waals surface area (Å²) in [6, 6.07) is 7.35. The molecule has 7 nitrogen and oxygen atoms in total. The number of likely N-dealkylation sites (tertiary alicyclic amines) is 1. The van der Waals surface area contributed by atoms with Gasteiger partial charge in [0, 0.05) is 37.3 Å². The highest BCUT2D eigenvalue weighted by molar-refractivity contribution is 5.98. The van der Waals surface area contributed by atoms with Crippen LogP contribution in [0.25, 0.3) is 0 Å². The molecule has 4 atom stereocenters. The molecule has 1 spiro atoms. The van der Waals surface area contributed by atoms with Crippen molar-refractivity contribution in [2.24, 2.45) is 29.4 Å². The van der Waals surface area contributed by atoms with Crippen LogP contribution in [0.2, 0.25) is 0 Å². The Labute approximate surface area is 169 Å². The molecule has 0 aromatic heterocycles. The zero-order valence-corrected chi connectivity index (χ0v) is 16.4. The van der Waals surface area contributed by atoms with Crippen LogP contribution in [-0.4, -0.2) is 41.4 Å². The normalized spacial score (nSPS) is 33.7. The molecular weight excluding hydrogens is 370 g/mol. The minimum Gasteiger partial charge on any atom is -0.467 e. The van der Waals surface area contributed by atoms with Crippen LogP contribution in [0.5, 0.6) is 5.75 Å². The quantitative estimate of drug-likeness (QED) is 0.792. The second-order valence-corrected chi connectivity index (χ2v) is 9.02. The number of nitrogens with two attached hydrogens (primary N) is 1. The van der Waals surface area contributed by atoms with Gasteiger partial charge in [-0.1, -0.05) is 12.1 Å². The Morgan fingerprint density at radius 1 is 1.14 bits per heavy atom. The van der Waals surface area contributed by atoms with Gasteiger partial charge in [0.2, 0.25) is 11.8 Å². The number of hydrogen-bond acceptors (Lipinski definition) is 4. The van der Waals surface area contributed by atoms with Crippen molar-refractivity contribution in [1.82, 2.24) is 10.2 Å². The van der Waals surface area contributed by atoms with E-state index in [1.165, 1.54) is 0 Å². The van der Waals surface area contributed by atoms with Gasteiger partial charge >= 0.3 is 0 Å². The molecule has 3 N–H and O–H groups in total. The number of fused-ring (bicyclic) bond motifs is 3. The van der Waals surface area contributed by atoms with Crippen LogP contribution in [0.1, 0.15) is 48.9 Å². The third-order valence-electron chi connectivity index (χ3n) is 7.49. The van der Waals surface area contributed by atoms with E-state index in [0.29, 0.717) is 43.7 Å². The molecule has 4 fully saturated rings. The van der Waals surface area contributed by atoms with E-state index in [1.54, 1.807) is 6.07 Å². The second kappa shape index (κ2) is 6.75. The van der Waals surface area contributed by atoms with Gasteiger partial charge in [0.25, 0.3) is 5.91 Å². The van der Waals surface area contributed by atoms with Crippen molar-refractivity contribution in [1.29, 1.82) is 0 Å². The van der Waals surface area contributed by atoms with Crippen LogP contribution in [0.3, 0.4) is 0 Å². The number of nitrogens with one attached hydrogen (secondary N) is 1. The summed E-state index contributed by atoms with van der Waals surface area (Å²) in [5.41, 5.74) is 5.30. The molecular formula is C22H27N3O4. The Hall–Kier alpha value is -2.57. The highest BCUT2D eigenvalue weighted by Crippen LogP contribution is 2.52. The topological polar surface area (TPSA) is 102 Å². The van der Waals surface area contributed by atoms with Gasteiger partial charge in [-0.3, -0.25) is 14.4 Å². The summed E-state index contributed by atoms with van der Waals surface area (Å²) < 4.78 is 6.37. The van der Waals surface area contributed by atoms with Crippen molar-refractivity contribution in [2.45, 2.75) is 44.2 Å². The minimum absolute atomic E-state index is 0.0258. The van der Waals surface area contributed by atoms with E-state index in [9.17, 15) is 14.4 Å². The maximum atomic E-state index is 13.2. The number of benzene rings is 1. The van der Waals surface area contributed by atoms with E-state index in [0.717, 1.165) is 19.3 Å². The van der Waals surface area contributed by atoms with E-state index < -0.39 is 5.72 Å². The lowest BCUT2D eigenvalue weighted by Gasteiger charge is -2.55. The van der Waals surface area contributed by atoms with Gasteiger partial charge in [-0.25, -0.2) is 0 Å². The summed E-state index contributed by atoms with van der Waals surface area (Å²) in [5.74, 6) is 0.671. The van der Waals surface area contributed by atoms with Gasteiger partial charge in [0.15, 0.2) is 5.72 Å². The smallest absolute Gasteiger partial charge is 0.258 e. The zero-order valence-electron chi connectivity index (χ0n) is 16.4. The molecule has 1 aromatic rings. The fourth-order valence-electron chi connectivity index (χ4n) is 5.88. The van der Waals surface area contributed by atoms with Crippen LogP contribution in [0, 0.1) is 23.7 Å². The maximum Gasteiger partial charge on any atom is 0.258 e. The number of piperidine rings is 1. The first kappa shape index (κ1) is 18.5. The number of carbonyl (C=O) groups excluding carboxylic acids is 3. The largest absolute Gasteiger partial charge is 0.467 e. The number of ether oxygens (including phenoxy) is 1. The van der Waals surface area contributed by atoms with E-state index in [-0.39, 0.29) is 41.4 Å². The van der Waals surface area contributed by atoms with Crippen molar-refractivity contribution in [3.8, 4) is 5.75 Å². The predicted molar refractivity (Wildman–Crippen MR) is 105 cm³/mol. The van der Waals surface area contributed by atoms with Crippen LogP contribution in [0.4, 0.5) is 0 Å². The first-order chi connectivity index (χ1) is 14.0. The molecule has 29 heavy (non-hydrogen) atoms. The second-order valence-electron chi connectivity index (χ2n) is 9.02. The molecule has 2 aliphatic heterocycles. The van der Waals surface area contributed by atoms with Crippen molar-refractivity contribution in [2.75, 3.05) is 13.1 Å². The van der Waals surface area contributed by atoms with Gasteiger partial charge in [-0.2, -0.15) is 0 Å². The Balaban J connectivity index is 1.31. The van der Waals surface area contributed by atoms with Crippen LogP contribution in [0.15, 0.2) is 24.3 Å². The Kier molecular flexibility index (Phi) is 4.29. The summed E-state index contributed by atoms with van der Waals surface area (Å²) in [6.45, 7) is 1.21. The predicted octanol–water partition coefficient (Wildman–Crippen LogP) is 1.67. The van der Waals surface area contributed by atoms with Crippen molar-refractivity contribution in [3.63, 3.8) is 0 Å². The lowest BCUT2D eigenvalue weighted by atomic mass is 9.59. The molecule has 2 bridgehead atoms. The van der Waals surface area contributed by atoms with Crippen LogP contribution < -0.4 is 15.8 Å². The molecule has 7 heteroatoms. The van der Waals surface area contributed by atoms with Crippen molar-refractivity contribution in [3.05, 3.63) is 29.8 Å². The van der Waals surface area contributed by atoms with Gasteiger partial charge in [-0.15, -0.1) is 0 Å². The molecule has 0 unspecified atom stereocenters. The molecule has 3 aliphatic carbocycles. The zero-order chi connectivity index (χ0) is 20.2. The van der Waals surface area contributed by atoms with E-state index in [2.05, 4.69) is 5.32 Å². The molecule has 3 amide bonds. The number of para-hydroxylation sites is 1. The molecule has 154 valence electrons. The average molecular weight is 397 g/mol. The average Bonchev–Trinajstić information content (AvgIpc) is 2.73. The van der Waals surface area contributed by atoms with E-state index in [4.69, 9.17) is 10.5 Å².